The molecule has 0 saturated carbocycles. The number of thiazole rings is 1. The van der Waals surface area contributed by atoms with E-state index < -0.39 is 5.60 Å². The largest absolute Gasteiger partial charge is 0.387 e. The van der Waals surface area contributed by atoms with Crippen molar-refractivity contribution in [1.82, 2.24) is 20.5 Å². The quantitative estimate of drug-likeness (QED) is 0.301. The molecule has 1 unspecified atom stereocenters. The van der Waals surface area contributed by atoms with Crippen LogP contribution in [-0.4, -0.2) is 72.5 Å². The van der Waals surface area contributed by atoms with Crippen LogP contribution in [0.15, 0.2) is 4.99 Å². The number of halogens is 1. The second-order valence-corrected chi connectivity index (χ2v) is 7.97. The number of nitrogens with one attached hydrogen (secondary N) is 2. The molecule has 1 aliphatic heterocycles. The van der Waals surface area contributed by atoms with Crippen LogP contribution < -0.4 is 10.6 Å². The number of aliphatic hydroxyl groups is 1. The minimum Gasteiger partial charge on any atom is -0.387 e. The number of morpholine rings is 1. The second kappa shape index (κ2) is 11.4. The summed E-state index contributed by atoms with van der Waals surface area (Å²) in [5.74, 6) is 0.704. The van der Waals surface area contributed by atoms with Gasteiger partial charge in [0.15, 0.2) is 5.96 Å². The van der Waals surface area contributed by atoms with E-state index >= 15 is 0 Å². The predicted octanol–water partition coefficient (Wildman–Crippen LogP) is 1.52. The molecule has 0 spiro atoms. The molecule has 9 heteroatoms. The van der Waals surface area contributed by atoms with E-state index in [9.17, 15) is 5.11 Å². The maximum absolute atomic E-state index is 10.7. The van der Waals surface area contributed by atoms with Crippen molar-refractivity contribution < 1.29 is 9.84 Å². The molecule has 150 valence electrons. The fraction of sp³-hybridized carbons (Fsp3) is 0.765. The Bertz CT molecular complexity index is 554. The maximum atomic E-state index is 10.7. The molecule has 26 heavy (non-hydrogen) atoms. The number of hydrogen-bond acceptors (Lipinski definition) is 6. The summed E-state index contributed by atoms with van der Waals surface area (Å²) in [4.78, 5) is 12.6. The van der Waals surface area contributed by atoms with Gasteiger partial charge in [-0.3, -0.25) is 4.90 Å². The summed E-state index contributed by atoms with van der Waals surface area (Å²) in [7, 11) is 0. The summed E-state index contributed by atoms with van der Waals surface area (Å²) in [5.41, 5.74) is 0.239. The minimum absolute atomic E-state index is 0. The molecule has 3 N–H and O–H groups in total. The fourth-order valence-corrected chi connectivity index (χ4v) is 3.52. The van der Waals surface area contributed by atoms with E-state index in [1.165, 1.54) is 4.88 Å². The number of guanidine groups is 1. The van der Waals surface area contributed by atoms with E-state index in [0.29, 0.717) is 25.6 Å². The Hall–Kier alpha value is -0.490. The molecule has 7 nitrogen and oxygen atoms in total. The molecule has 2 rings (SSSR count). The molecule has 0 amide bonds. The van der Waals surface area contributed by atoms with Gasteiger partial charge < -0.3 is 20.5 Å². The van der Waals surface area contributed by atoms with E-state index in [4.69, 9.17) is 4.74 Å². The number of aryl methyl sites for hydroxylation is 2. The van der Waals surface area contributed by atoms with E-state index in [0.717, 1.165) is 43.5 Å². The number of aromatic nitrogens is 1. The van der Waals surface area contributed by atoms with Crippen LogP contribution in [0.3, 0.4) is 0 Å². The molecular formula is C17H32IN5O2S. The van der Waals surface area contributed by atoms with Gasteiger partial charge in [0, 0.05) is 37.6 Å². The van der Waals surface area contributed by atoms with Gasteiger partial charge in [0.05, 0.1) is 31.1 Å². The number of rotatable bonds is 7. The number of β-amino-alcohol motifs (C(OH)–C–C–N with tert-alkyl or cyclic N) is 1. The van der Waals surface area contributed by atoms with Crippen molar-refractivity contribution in [1.29, 1.82) is 0 Å². The van der Waals surface area contributed by atoms with Gasteiger partial charge >= 0.3 is 0 Å². The lowest BCUT2D eigenvalue weighted by Gasteiger charge is -2.34. The maximum Gasteiger partial charge on any atom is 0.191 e. The van der Waals surface area contributed by atoms with Crippen molar-refractivity contribution in [2.24, 2.45) is 4.99 Å². The summed E-state index contributed by atoms with van der Waals surface area (Å²) in [6, 6.07) is 0. The van der Waals surface area contributed by atoms with E-state index in [-0.39, 0.29) is 24.0 Å². The zero-order chi connectivity index (χ0) is 18.3. The van der Waals surface area contributed by atoms with Crippen LogP contribution in [-0.2, 0) is 11.3 Å². The van der Waals surface area contributed by atoms with Gasteiger partial charge in [0.2, 0.25) is 0 Å². The van der Waals surface area contributed by atoms with Crippen LogP contribution in [0.2, 0.25) is 0 Å². The van der Waals surface area contributed by atoms with Crippen molar-refractivity contribution in [3.63, 3.8) is 0 Å². The first-order chi connectivity index (χ1) is 11.9. The standard InChI is InChI=1S/C17H31N5O2S.HI/c1-5-18-16(19-10-15-21-13(2)14(3)25-15)20-11-17(4,23)12-22-6-8-24-9-7-22;/h23H,5-12H2,1-4H3,(H2,18,19,20);1H. The number of nitrogens with zero attached hydrogens (tertiary/aromatic N) is 3. The van der Waals surface area contributed by atoms with Crippen LogP contribution in [0.25, 0.3) is 0 Å². The van der Waals surface area contributed by atoms with Gasteiger partial charge in [-0.15, -0.1) is 35.3 Å². The van der Waals surface area contributed by atoms with Crippen molar-refractivity contribution >= 4 is 41.3 Å². The van der Waals surface area contributed by atoms with Gasteiger partial charge in [0.1, 0.15) is 5.01 Å². The highest BCUT2D eigenvalue weighted by atomic mass is 127. The predicted molar refractivity (Wildman–Crippen MR) is 118 cm³/mol. The summed E-state index contributed by atoms with van der Waals surface area (Å²) in [6.45, 7) is 13.6. The first-order valence-electron chi connectivity index (χ1n) is 8.87. The topological polar surface area (TPSA) is 82.0 Å². The monoisotopic (exact) mass is 497 g/mol. The van der Waals surface area contributed by atoms with Crippen LogP contribution in [0.1, 0.15) is 29.4 Å². The molecule has 1 fully saturated rings. The first-order valence-corrected chi connectivity index (χ1v) is 9.69. The normalized spacial score (nSPS) is 18.1. The second-order valence-electron chi connectivity index (χ2n) is 6.68. The highest BCUT2D eigenvalue weighted by molar-refractivity contribution is 14.0. The van der Waals surface area contributed by atoms with Gasteiger partial charge in [-0.1, -0.05) is 0 Å². The average Bonchev–Trinajstić information content (AvgIpc) is 2.89. The van der Waals surface area contributed by atoms with E-state index in [1.807, 2.05) is 20.8 Å². The summed E-state index contributed by atoms with van der Waals surface area (Å²) >= 11 is 1.68. The lowest BCUT2D eigenvalue weighted by atomic mass is 10.1. The SMILES string of the molecule is CCNC(=NCc1nc(C)c(C)s1)NCC(C)(O)CN1CCOCC1.I. The molecular weight excluding hydrogens is 465 g/mol. The first kappa shape index (κ1) is 23.5. The number of ether oxygens (including phenoxy) is 1. The molecule has 1 atom stereocenters. The molecule has 1 aliphatic rings. The smallest absolute Gasteiger partial charge is 0.191 e. The lowest BCUT2D eigenvalue weighted by Crippen LogP contribution is -2.52. The summed E-state index contributed by atoms with van der Waals surface area (Å²) in [5, 5.41) is 18.1. The van der Waals surface area contributed by atoms with E-state index in [1.54, 1.807) is 11.3 Å². The van der Waals surface area contributed by atoms with Crippen molar-refractivity contribution in [2.75, 3.05) is 45.9 Å². The molecule has 1 aromatic rings. The lowest BCUT2D eigenvalue weighted by molar-refractivity contribution is -0.0201. The molecule has 1 aromatic heterocycles. The highest BCUT2D eigenvalue weighted by Gasteiger charge is 2.25. The third-order valence-electron chi connectivity index (χ3n) is 4.09. The zero-order valence-electron chi connectivity index (χ0n) is 16.2. The van der Waals surface area contributed by atoms with E-state index in [2.05, 4.69) is 32.4 Å². The molecule has 0 radical (unpaired) electrons. The Morgan fingerprint density at radius 1 is 1.35 bits per heavy atom. The van der Waals surface area contributed by atoms with Crippen LogP contribution >= 0.6 is 35.3 Å². The van der Waals surface area contributed by atoms with Crippen molar-refractivity contribution in [2.45, 2.75) is 39.8 Å². The fourth-order valence-electron chi connectivity index (χ4n) is 2.67. The molecule has 2 heterocycles. The van der Waals surface area contributed by atoms with Gasteiger partial charge in [0.25, 0.3) is 0 Å². The Morgan fingerprint density at radius 2 is 2.04 bits per heavy atom. The molecule has 1 saturated heterocycles. The third kappa shape index (κ3) is 8.03. The van der Waals surface area contributed by atoms with Crippen LogP contribution in [0.5, 0.6) is 0 Å². The zero-order valence-corrected chi connectivity index (χ0v) is 19.3. The van der Waals surface area contributed by atoms with Crippen LogP contribution in [0, 0.1) is 13.8 Å². The Morgan fingerprint density at radius 3 is 2.62 bits per heavy atom. The third-order valence-corrected chi connectivity index (χ3v) is 5.15. The van der Waals surface area contributed by atoms with Crippen LogP contribution in [0.4, 0.5) is 0 Å². The van der Waals surface area contributed by atoms with Crippen molar-refractivity contribution in [3.8, 4) is 0 Å². The van der Waals surface area contributed by atoms with Gasteiger partial charge in [-0.2, -0.15) is 0 Å². The van der Waals surface area contributed by atoms with Crippen molar-refractivity contribution in [3.05, 3.63) is 15.6 Å². The number of aliphatic imine (C=N–C) groups is 1. The highest BCUT2D eigenvalue weighted by Crippen LogP contribution is 2.17. The van der Waals surface area contributed by atoms with Gasteiger partial charge in [-0.05, 0) is 27.7 Å². The number of hydrogen-bond donors (Lipinski definition) is 3. The molecule has 0 bridgehead atoms. The molecule has 0 aliphatic carbocycles. The minimum atomic E-state index is -0.831. The summed E-state index contributed by atoms with van der Waals surface area (Å²) in [6.07, 6.45) is 0. The van der Waals surface area contributed by atoms with Gasteiger partial charge in [-0.25, -0.2) is 9.98 Å². The Labute approximate surface area is 177 Å². The summed E-state index contributed by atoms with van der Waals surface area (Å²) < 4.78 is 5.36. The molecule has 0 aromatic carbocycles. The Balaban J connectivity index is 0.00000338. The average molecular weight is 497 g/mol. The Kier molecular flexibility index (Phi) is 10.3.